The van der Waals surface area contributed by atoms with E-state index in [1.807, 2.05) is 32.9 Å². The van der Waals surface area contributed by atoms with Gasteiger partial charge >= 0.3 is 0 Å². The van der Waals surface area contributed by atoms with Crippen molar-refractivity contribution in [3.05, 3.63) is 28.8 Å². The highest BCUT2D eigenvalue weighted by Crippen LogP contribution is 2.28. The number of rotatable bonds is 6. The van der Waals surface area contributed by atoms with Gasteiger partial charge in [-0.05, 0) is 69.0 Å². The van der Waals surface area contributed by atoms with Crippen LogP contribution in [-0.4, -0.2) is 18.3 Å². The fourth-order valence-electron chi connectivity index (χ4n) is 1.95. The molecule has 96 valence electrons. The highest BCUT2D eigenvalue weighted by Gasteiger charge is 2.12. The van der Waals surface area contributed by atoms with Gasteiger partial charge < -0.3 is 15.6 Å². The quantitative estimate of drug-likeness (QED) is 0.799. The maximum Gasteiger partial charge on any atom is 0.122 e. The lowest BCUT2D eigenvalue weighted by molar-refractivity contribution is 0.164. The molecule has 0 radical (unpaired) electrons. The summed E-state index contributed by atoms with van der Waals surface area (Å²) in [4.78, 5) is 0. The Morgan fingerprint density at radius 3 is 2.59 bits per heavy atom. The molecule has 1 rings (SSSR count). The monoisotopic (exact) mass is 237 g/mol. The normalized spacial score (nSPS) is 12.5. The molecule has 0 saturated carbocycles. The molecule has 0 aromatic heterocycles. The summed E-state index contributed by atoms with van der Waals surface area (Å²) in [7, 11) is 0. The molecule has 0 bridgehead atoms. The number of benzene rings is 1. The van der Waals surface area contributed by atoms with Gasteiger partial charge in [-0.25, -0.2) is 0 Å². The molecule has 0 fully saturated rings. The van der Waals surface area contributed by atoms with Gasteiger partial charge in [-0.2, -0.15) is 0 Å². The van der Waals surface area contributed by atoms with Crippen molar-refractivity contribution in [2.75, 3.05) is 13.2 Å². The number of aryl methyl sites for hydroxylation is 2. The molecule has 0 amide bonds. The van der Waals surface area contributed by atoms with Gasteiger partial charge in [0.2, 0.25) is 0 Å². The molecule has 3 nitrogen and oxygen atoms in total. The van der Waals surface area contributed by atoms with Crippen LogP contribution >= 0.6 is 0 Å². The second-order valence-electron chi connectivity index (χ2n) is 4.35. The van der Waals surface area contributed by atoms with E-state index in [9.17, 15) is 5.11 Å². The average molecular weight is 237 g/mol. The van der Waals surface area contributed by atoms with Gasteiger partial charge in [-0.3, -0.25) is 0 Å². The van der Waals surface area contributed by atoms with Crippen molar-refractivity contribution in [3.8, 4) is 5.75 Å². The molecule has 1 aromatic rings. The third kappa shape index (κ3) is 3.72. The molecule has 1 aromatic carbocycles. The zero-order valence-corrected chi connectivity index (χ0v) is 11.0. The molecular weight excluding hydrogens is 214 g/mol. The summed E-state index contributed by atoms with van der Waals surface area (Å²) in [6.45, 7) is 7.26. The minimum absolute atomic E-state index is 0.423. The Morgan fingerprint density at radius 1 is 1.29 bits per heavy atom. The minimum Gasteiger partial charge on any atom is -0.494 e. The SMILES string of the molecule is CCOc1cc(C)c(C(O)CCCN)cc1C. The summed E-state index contributed by atoms with van der Waals surface area (Å²) in [6, 6.07) is 4.02. The third-order valence-corrected chi connectivity index (χ3v) is 2.90. The molecule has 1 atom stereocenters. The van der Waals surface area contributed by atoms with E-state index in [0.29, 0.717) is 19.6 Å². The van der Waals surface area contributed by atoms with Crippen LogP contribution in [0, 0.1) is 13.8 Å². The Hall–Kier alpha value is -1.06. The maximum absolute atomic E-state index is 10.1. The van der Waals surface area contributed by atoms with Crippen LogP contribution in [-0.2, 0) is 0 Å². The molecule has 0 saturated heterocycles. The number of hydrogen-bond acceptors (Lipinski definition) is 3. The zero-order valence-electron chi connectivity index (χ0n) is 11.0. The minimum atomic E-state index is -0.423. The summed E-state index contributed by atoms with van der Waals surface area (Å²) >= 11 is 0. The van der Waals surface area contributed by atoms with Gasteiger partial charge in [-0.1, -0.05) is 0 Å². The van der Waals surface area contributed by atoms with Crippen molar-refractivity contribution in [3.63, 3.8) is 0 Å². The van der Waals surface area contributed by atoms with Gasteiger partial charge in [0.1, 0.15) is 5.75 Å². The van der Waals surface area contributed by atoms with Gasteiger partial charge in [0.25, 0.3) is 0 Å². The van der Waals surface area contributed by atoms with Gasteiger partial charge in [0.15, 0.2) is 0 Å². The Morgan fingerprint density at radius 2 is 2.00 bits per heavy atom. The molecule has 0 aliphatic carbocycles. The second kappa shape index (κ2) is 6.62. The molecule has 0 spiro atoms. The summed E-state index contributed by atoms with van der Waals surface area (Å²) in [6.07, 6.45) is 1.13. The highest BCUT2D eigenvalue weighted by atomic mass is 16.5. The average Bonchev–Trinajstić information content (AvgIpc) is 2.30. The van der Waals surface area contributed by atoms with Crippen LogP contribution in [0.1, 0.15) is 42.6 Å². The first-order valence-corrected chi connectivity index (χ1v) is 6.22. The van der Waals surface area contributed by atoms with Crippen LogP contribution in [0.2, 0.25) is 0 Å². The van der Waals surface area contributed by atoms with Gasteiger partial charge in [0, 0.05) is 0 Å². The Labute approximate surface area is 104 Å². The molecule has 3 N–H and O–H groups in total. The number of aliphatic hydroxyl groups is 1. The Bertz CT molecular complexity index is 363. The summed E-state index contributed by atoms with van der Waals surface area (Å²) < 4.78 is 5.53. The van der Waals surface area contributed by atoms with Crippen LogP contribution in [0.5, 0.6) is 5.75 Å². The molecule has 0 heterocycles. The lowest BCUT2D eigenvalue weighted by atomic mass is 9.97. The number of aliphatic hydroxyl groups excluding tert-OH is 1. The second-order valence-corrected chi connectivity index (χ2v) is 4.35. The van der Waals surface area contributed by atoms with Crippen LogP contribution < -0.4 is 10.5 Å². The lowest BCUT2D eigenvalue weighted by Crippen LogP contribution is -2.06. The van der Waals surface area contributed by atoms with Gasteiger partial charge in [-0.15, -0.1) is 0 Å². The summed E-state index contributed by atoms with van der Waals surface area (Å²) in [5.74, 6) is 0.903. The van der Waals surface area contributed by atoms with Crippen molar-refractivity contribution < 1.29 is 9.84 Å². The fourth-order valence-corrected chi connectivity index (χ4v) is 1.95. The third-order valence-electron chi connectivity index (χ3n) is 2.90. The molecule has 3 heteroatoms. The first-order chi connectivity index (χ1) is 8.10. The van der Waals surface area contributed by atoms with Crippen molar-refractivity contribution in [2.45, 2.75) is 39.7 Å². The van der Waals surface area contributed by atoms with Gasteiger partial charge in [0.05, 0.1) is 12.7 Å². The van der Waals surface area contributed by atoms with Crippen LogP contribution in [0.3, 0.4) is 0 Å². The van der Waals surface area contributed by atoms with Crippen molar-refractivity contribution >= 4 is 0 Å². The molecule has 0 aliphatic rings. The topological polar surface area (TPSA) is 55.5 Å². The van der Waals surface area contributed by atoms with Crippen molar-refractivity contribution in [2.24, 2.45) is 5.73 Å². The lowest BCUT2D eigenvalue weighted by Gasteiger charge is -2.16. The van der Waals surface area contributed by atoms with E-state index in [1.165, 1.54) is 0 Å². The van der Waals surface area contributed by atoms with Crippen LogP contribution in [0.25, 0.3) is 0 Å². The number of ether oxygens (including phenoxy) is 1. The number of hydrogen-bond donors (Lipinski definition) is 2. The van der Waals surface area contributed by atoms with E-state index < -0.39 is 6.10 Å². The first kappa shape index (κ1) is 14.0. The van der Waals surface area contributed by atoms with E-state index in [4.69, 9.17) is 10.5 Å². The molecular formula is C14H23NO2. The Balaban J connectivity index is 2.90. The summed E-state index contributed by atoms with van der Waals surface area (Å²) in [5.41, 5.74) is 8.58. The Kier molecular flexibility index (Phi) is 5.45. The van der Waals surface area contributed by atoms with Crippen LogP contribution in [0.4, 0.5) is 0 Å². The molecule has 1 unspecified atom stereocenters. The van der Waals surface area contributed by atoms with E-state index >= 15 is 0 Å². The van der Waals surface area contributed by atoms with E-state index in [2.05, 4.69) is 0 Å². The smallest absolute Gasteiger partial charge is 0.122 e. The largest absolute Gasteiger partial charge is 0.494 e. The van der Waals surface area contributed by atoms with Crippen molar-refractivity contribution in [1.29, 1.82) is 0 Å². The van der Waals surface area contributed by atoms with E-state index in [-0.39, 0.29) is 0 Å². The predicted octanol–water partition coefficient (Wildman–Crippen LogP) is 2.47. The molecule has 17 heavy (non-hydrogen) atoms. The van der Waals surface area contributed by atoms with E-state index in [1.54, 1.807) is 0 Å². The first-order valence-electron chi connectivity index (χ1n) is 6.22. The number of nitrogens with two attached hydrogens (primary N) is 1. The predicted molar refractivity (Wildman–Crippen MR) is 70.3 cm³/mol. The van der Waals surface area contributed by atoms with Crippen LogP contribution in [0.15, 0.2) is 12.1 Å². The highest BCUT2D eigenvalue weighted by molar-refractivity contribution is 5.42. The van der Waals surface area contributed by atoms with E-state index in [0.717, 1.165) is 28.9 Å². The standard InChI is InChI=1S/C14H23NO2/c1-4-17-14-9-10(2)12(8-11(14)3)13(16)6-5-7-15/h8-9,13,16H,4-7,15H2,1-3H3. The maximum atomic E-state index is 10.1. The molecule has 0 aliphatic heterocycles. The van der Waals surface area contributed by atoms with Crippen molar-refractivity contribution in [1.82, 2.24) is 0 Å². The summed E-state index contributed by atoms with van der Waals surface area (Å²) in [5, 5.41) is 10.1. The zero-order chi connectivity index (χ0) is 12.8. The fraction of sp³-hybridized carbons (Fsp3) is 0.571.